The molecular formula is C23H21N7OS. The SMILES string of the molecule is N#CC(c1ccnc(OCc2ccnc(N3CCCCC3)c2)n1)c1nc2cccnc2s1. The molecule has 8 nitrogen and oxygen atoms in total. The van der Waals surface area contributed by atoms with E-state index >= 15 is 0 Å². The molecule has 1 aliphatic rings. The Labute approximate surface area is 189 Å². The van der Waals surface area contributed by atoms with Gasteiger partial charge in [0.2, 0.25) is 0 Å². The second kappa shape index (κ2) is 9.24. The molecule has 1 saturated heterocycles. The first-order chi connectivity index (χ1) is 15.8. The van der Waals surface area contributed by atoms with Crippen molar-refractivity contribution in [3.63, 3.8) is 0 Å². The summed E-state index contributed by atoms with van der Waals surface area (Å²) >= 11 is 1.40. The number of rotatable bonds is 6. The van der Waals surface area contributed by atoms with Crippen LogP contribution in [0.1, 0.15) is 41.4 Å². The summed E-state index contributed by atoms with van der Waals surface area (Å²) in [6.07, 6.45) is 8.83. The molecule has 9 heteroatoms. The first-order valence-electron chi connectivity index (χ1n) is 10.6. The molecule has 0 saturated carbocycles. The van der Waals surface area contributed by atoms with Gasteiger partial charge in [0.1, 0.15) is 33.7 Å². The smallest absolute Gasteiger partial charge is 0.316 e. The van der Waals surface area contributed by atoms with Crippen molar-refractivity contribution in [1.82, 2.24) is 24.9 Å². The van der Waals surface area contributed by atoms with Crippen molar-refractivity contribution >= 4 is 27.5 Å². The molecule has 4 aromatic heterocycles. The van der Waals surface area contributed by atoms with Gasteiger partial charge in [-0.3, -0.25) is 0 Å². The fourth-order valence-corrected chi connectivity index (χ4v) is 4.70. The van der Waals surface area contributed by atoms with Crippen LogP contribution >= 0.6 is 11.3 Å². The Bertz CT molecular complexity index is 1230. The number of hydrogen-bond acceptors (Lipinski definition) is 9. The van der Waals surface area contributed by atoms with Gasteiger partial charge in [-0.15, -0.1) is 0 Å². The Morgan fingerprint density at radius 3 is 2.75 bits per heavy atom. The maximum Gasteiger partial charge on any atom is 0.316 e. The number of anilines is 1. The lowest BCUT2D eigenvalue weighted by Gasteiger charge is -2.27. The van der Waals surface area contributed by atoms with Gasteiger partial charge in [0.05, 0.1) is 11.8 Å². The molecule has 32 heavy (non-hydrogen) atoms. The highest BCUT2D eigenvalue weighted by Gasteiger charge is 2.21. The van der Waals surface area contributed by atoms with Crippen LogP contribution in [0.25, 0.3) is 10.3 Å². The van der Waals surface area contributed by atoms with Crippen molar-refractivity contribution in [1.29, 1.82) is 5.26 Å². The van der Waals surface area contributed by atoms with Crippen molar-refractivity contribution in [3.05, 3.63) is 65.2 Å². The first-order valence-corrected chi connectivity index (χ1v) is 11.4. The molecule has 1 atom stereocenters. The number of aromatic nitrogens is 5. The molecule has 0 aromatic carbocycles. The van der Waals surface area contributed by atoms with Crippen LogP contribution in [-0.4, -0.2) is 38.0 Å². The van der Waals surface area contributed by atoms with E-state index in [1.165, 1.54) is 30.6 Å². The fraction of sp³-hybridized carbons (Fsp3) is 0.304. The van der Waals surface area contributed by atoms with Crippen molar-refractivity contribution < 1.29 is 4.74 Å². The lowest BCUT2D eigenvalue weighted by atomic mass is 10.1. The second-order valence-electron chi connectivity index (χ2n) is 7.56. The van der Waals surface area contributed by atoms with Crippen LogP contribution in [0, 0.1) is 11.3 Å². The monoisotopic (exact) mass is 443 g/mol. The van der Waals surface area contributed by atoms with Gasteiger partial charge >= 0.3 is 6.01 Å². The van der Waals surface area contributed by atoms with Crippen molar-refractivity contribution in [2.24, 2.45) is 0 Å². The highest BCUT2D eigenvalue weighted by atomic mass is 32.1. The van der Waals surface area contributed by atoms with E-state index in [0.29, 0.717) is 17.3 Å². The minimum atomic E-state index is -0.605. The summed E-state index contributed by atoms with van der Waals surface area (Å²) in [5.41, 5.74) is 2.34. The zero-order valence-electron chi connectivity index (χ0n) is 17.4. The number of pyridine rings is 2. The number of ether oxygens (including phenoxy) is 1. The summed E-state index contributed by atoms with van der Waals surface area (Å²) in [6.45, 7) is 2.41. The molecule has 0 bridgehead atoms. The average Bonchev–Trinajstić information content (AvgIpc) is 3.28. The Kier molecular flexibility index (Phi) is 5.85. The molecule has 0 radical (unpaired) electrons. The minimum absolute atomic E-state index is 0.235. The maximum atomic E-state index is 9.79. The van der Waals surface area contributed by atoms with Gasteiger partial charge in [-0.1, -0.05) is 11.3 Å². The Morgan fingerprint density at radius 2 is 1.91 bits per heavy atom. The zero-order valence-corrected chi connectivity index (χ0v) is 18.2. The van der Waals surface area contributed by atoms with E-state index < -0.39 is 5.92 Å². The fourth-order valence-electron chi connectivity index (χ4n) is 3.74. The topological polar surface area (TPSA) is 101 Å². The molecule has 0 aliphatic carbocycles. The number of nitriles is 1. The molecule has 5 rings (SSSR count). The van der Waals surface area contributed by atoms with Crippen LogP contribution in [0.3, 0.4) is 0 Å². The highest BCUT2D eigenvalue weighted by molar-refractivity contribution is 7.18. The molecular weight excluding hydrogens is 422 g/mol. The highest BCUT2D eigenvalue weighted by Crippen LogP contribution is 2.30. The van der Waals surface area contributed by atoms with Crippen LogP contribution in [-0.2, 0) is 6.61 Å². The Hall–Kier alpha value is -3.64. The summed E-state index contributed by atoms with van der Waals surface area (Å²) in [6, 6.07) is 12.0. The van der Waals surface area contributed by atoms with Gasteiger partial charge in [0, 0.05) is 31.7 Å². The first kappa shape index (κ1) is 20.3. The number of nitrogens with zero attached hydrogens (tertiary/aromatic N) is 7. The molecule has 1 unspecified atom stereocenters. The van der Waals surface area contributed by atoms with E-state index in [2.05, 4.69) is 42.0 Å². The second-order valence-corrected chi connectivity index (χ2v) is 8.57. The van der Waals surface area contributed by atoms with E-state index in [4.69, 9.17) is 4.74 Å². The summed E-state index contributed by atoms with van der Waals surface area (Å²) in [5, 5.41) is 10.5. The van der Waals surface area contributed by atoms with Crippen LogP contribution in [0.5, 0.6) is 6.01 Å². The molecule has 160 valence electrons. The molecule has 0 amide bonds. The van der Waals surface area contributed by atoms with Crippen LogP contribution in [0.2, 0.25) is 0 Å². The van der Waals surface area contributed by atoms with Crippen molar-refractivity contribution in [2.75, 3.05) is 18.0 Å². The molecule has 0 spiro atoms. The average molecular weight is 444 g/mol. The number of piperidine rings is 1. The van der Waals surface area contributed by atoms with Gasteiger partial charge in [-0.25, -0.2) is 19.9 Å². The third-order valence-corrected chi connectivity index (χ3v) is 6.41. The molecule has 4 aromatic rings. The molecule has 0 N–H and O–H groups in total. The largest absolute Gasteiger partial charge is 0.459 e. The van der Waals surface area contributed by atoms with E-state index in [1.807, 2.05) is 24.4 Å². The third kappa shape index (κ3) is 4.36. The van der Waals surface area contributed by atoms with E-state index in [-0.39, 0.29) is 6.01 Å². The maximum absolute atomic E-state index is 9.79. The quantitative estimate of drug-likeness (QED) is 0.439. The Morgan fingerprint density at radius 1 is 1.03 bits per heavy atom. The van der Waals surface area contributed by atoms with Gasteiger partial charge in [0.25, 0.3) is 0 Å². The summed E-state index contributed by atoms with van der Waals surface area (Å²) in [4.78, 5) is 25.2. The van der Waals surface area contributed by atoms with Crippen LogP contribution < -0.4 is 9.64 Å². The van der Waals surface area contributed by atoms with E-state index in [9.17, 15) is 5.26 Å². The molecule has 1 fully saturated rings. The summed E-state index contributed by atoms with van der Waals surface area (Å²) in [5.74, 6) is 0.376. The predicted octanol–water partition coefficient (Wildman–Crippen LogP) is 4.10. The predicted molar refractivity (Wildman–Crippen MR) is 122 cm³/mol. The van der Waals surface area contributed by atoms with E-state index in [1.54, 1.807) is 18.5 Å². The standard InChI is InChI=1S/C23H21N7OS/c24-14-17(21-28-19-5-4-8-26-22(19)32-21)18-7-10-27-23(29-18)31-15-16-6-9-25-20(13-16)30-11-2-1-3-12-30/h4-10,13,17H,1-3,11-12,15H2. The van der Waals surface area contributed by atoms with Gasteiger partial charge in [-0.2, -0.15) is 10.2 Å². The third-order valence-electron chi connectivity index (χ3n) is 5.37. The lowest BCUT2D eigenvalue weighted by molar-refractivity contribution is 0.279. The van der Waals surface area contributed by atoms with E-state index in [0.717, 1.165) is 34.8 Å². The van der Waals surface area contributed by atoms with Gasteiger partial charge in [0.15, 0.2) is 0 Å². The van der Waals surface area contributed by atoms with Crippen LogP contribution in [0.15, 0.2) is 48.9 Å². The summed E-state index contributed by atoms with van der Waals surface area (Å²) in [7, 11) is 0. The number of thiazole rings is 1. The summed E-state index contributed by atoms with van der Waals surface area (Å²) < 4.78 is 5.86. The minimum Gasteiger partial charge on any atom is -0.459 e. The molecule has 1 aliphatic heterocycles. The Balaban J connectivity index is 1.31. The lowest BCUT2D eigenvalue weighted by Crippen LogP contribution is -2.30. The number of hydrogen-bond donors (Lipinski definition) is 0. The van der Waals surface area contributed by atoms with Gasteiger partial charge < -0.3 is 9.64 Å². The molecule has 5 heterocycles. The number of fused-ring (bicyclic) bond motifs is 1. The zero-order chi connectivity index (χ0) is 21.8. The normalized spacial score (nSPS) is 14.8. The van der Waals surface area contributed by atoms with Gasteiger partial charge in [-0.05, 0) is 55.2 Å². The van der Waals surface area contributed by atoms with Crippen molar-refractivity contribution in [3.8, 4) is 12.1 Å². The van der Waals surface area contributed by atoms with Crippen molar-refractivity contribution in [2.45, 2.75) is 31.8 Å². The van der Waals surface area contributed by atoms with Crippen LogP contribution in [0.4, 0.5) is 5.82 Å².